The molecule has 0 aliphatic rings. The molecule has 0 aliphatic heterocycles. The molecule has 0 atom stereocenters. The van der Waals surface area contributed by atoms with Crippen molar-refractivity contribution >= 4 is 43.9 Å². The summed E-state index contributed by atoms with van der Waals surface area (Å²) in [5.41, 5.74) is 1.74. The zero-order chi connectivity index (χ0) is 20.8. The van der Waals surface area contributed by atoms with Crippen molar-refractivity contribution in [2.45, 2.75) is 16.7 Å². The van der Waals surface area contributed by atoms with Gasteiger partial charge >= 0.3 is 0 Å². The first-order valence-corrected chi connectivity index (χ1v) is 10.9. The molecule has 0 aliphatic carbocycles. The van der Waals surface area contributed by atoms with Gasteiger partial charge in [0.1, 0.15) is 11.3 Å². The zero-order valence-electron chi connectivity index (χ0n) is 15.2. The van der Waals surface area contributed by atoms with Crippen molar-refractivity contribution in [1.29, 1.82) is 0 Å². The van der Waals surface area contributed by atoms with Gasteiger partial charge in [-0.15, -0.1) is 0 Å². The molecular formula is C22H14Cl2FNO2S. The Morgan fingerprint density at radius 3 is 2.45 bits per heavy atom. The number of rotatable bonds is 3. The molecular weight excluding hydrogens is 432 g/mol. The van der Waals surface area contributed by atoms with Gasteiger partial charge in [-0.3, -0.25) is 4.98 Å². The van der Waals surface area contributed by atoms with Crippen LogP contribution in [0.1, 0.15) is 5.56 Å². The van der Waals surface area contributed by atoms with E-state index in [1.165, 1.54) is 30.5 Å². The molecule has 0 amide bonds. The van der Waals surface area contributed by atoms with Crippen molar-refractivity contribution in [2.24, 2.45) is 0 Å². The maximum absolute atomic E-state index is 14.4. The third-order valence-corrected chi connectivity index (χ3v) is 7.08. The lowest BCUT2D eigenvalue weighted by atomic mass is 10.0. The lowest BCUT2D eigenvalue weighted by Crippen LogP contribution is -2.06. The van der Waals surface area contributed by atoms with E-state index in [0.717, 1.165) is 5.56 Å². The fraction of sp³-hybridized carbons (Fsp3) is 0.0455. The smallest absolute Gasteiger partial charge is 0.208 e. The van der Waals surface area contributed by atoms with E-state index in [0.29, 0.717) is 26.6 Å². The van der Waals surface area contributed by atoms with Gasteiger partial charge in [0.25, 0.3) is 0 Å². The summed E-state index contributed by atoms with van der Waals surface area (Å²) in [5.74, 6) is -0.534. The maximum atomic E-state index is 14.4. The number of fused-ring (bicyclic) bond motifs is 1. The summed E-state index contributed by atoms with van der Waals surface area (Å²) in [6, 6.07) is 15.8. The number of hydrogen-bond donors (Lipinski definition) is 0. The van der Waals surface area contributed by atoms with Gasteiger partial charge in [-0.2, -0.15) is 0 Å². The van der Waals surface area contributed by atoms with Crippen molar-refractivity contribution in [3.8, 4) is 11.1 Å². The van der Waals surface area contributed by atoms with Crippen LogP contribution in [0.25, 0.3) is 22.0 Å². The fourth-order valence-corrected chi connectivity index (χ4v) is 5.08. The summed E-state index contributed by atoms with van der Waals surface area (Å²) in [6.07, 6.45) is 1.19. The van der Waals surface area contributed by atoms with E-state index in [1.54, 1.807) is 43.3 Å². The molecule has 4 aromatic rings. The lowest BCUT2D eigenvalue weighted by molar-refractivity contribution is 0.596. The van der Waals surface area contributed by atoms with Gasteiger partial charge in [0, 0.05) is 27.2 Å². The number of benzene rings is 3. The number of para-hydroxylation sites is 1. The standard InChI is InChI=1S/C22H14Cl2FNO2S/c1-13-8-9-16(11-18(13)24)29(27,28)20-12-26-22-17(6-3-7-19(22)25)21(20)14-4-2-5-15(23)10-14/h2-12H,1H3. The Morgan fingerprint density at radius 1 is 0.966 bits per heavy atom. The van der Waals surface area contributed by atoms with Gasteiger partial charge in [0.15, 0.2) is 0 Å². The second-order valence-corrected chi connectivity index (χ2v) is 9.32. The number of pyridine rings is 1. The molecule has 0 fully saturated rings. The minimum atomic E-state index is -3.99. The Kier molecular flexibility index (Phi) is 5.07. The van der Waals surface area contributed by atoms with Crippen molar-refractivity contribution in [3.05, 3.63) is 88.3 Å². The molecule has 3 nitrogen and oxygen atoms in total. The summed E-state index contributed by atoms with van der Waals surface area (Å²) < 4.78 is 41.3. The highest BCUT2D eigenvalue weighted by molar-refractivity contribution is 7.91. The van der Waals surface area contributed by atoms with Crippen molar-refractivity contribution in [1.82, 2.24) is 4.98 Å². The summed E-state index contributed by atoms with van der Waals surface area (Å²) in [5, 5.41) is 1.16. The first kappa shape index (κ1) is 19.8. The second-order valence-electron chi connectivity index (χ2n) is 6.56. The highest BCUT2D eigenvalue weighted by atomic mass is 35.5. The minimum absolute atomic E-state index is 0.0360. The van der Waals surface area contributed by atoms with Gasteiger partial charge in [-0.25, -0.2) is 12.8 Å². The molecule has 0 N–H and O–H groups in total. The second kappa shape index (κ2) is 7.41. The van der Waals surface area contributed by atoms with Crippen LogP contribution in [0, 0.1) is 12.7 Å². The maximum Gasteiger partial charge on any atom is 0.208 e. The van der Waals surface area contributed by atoms with Crippen LogP contribution in [0.3, 0.4) is 0 Å². The lowest BCUT2D eigenvalue weighted by Gasteiger charge is -2.15. The largest absolute Gasteiger partial charge is 0.252 e. The van der Waals surface area contributed by atoms with E-state index in [4.69, 9.17) is 23.2 Å². The van der Waals surface area contributed by atoms with Crippen LogP contribution in [-0.4, -0.2) is 13.4 Å². The quantitative estimate of drug-likeness (QED) is 0.362. The number of hydrogen-bond acceptors (Lipinski definition) is 3. The Labute approximate surface area is 177 Å². The molecule has 1 heterocycles. The molecule has 0 saturated heterocycles. The van der Waals surface area contributed by atoms with Crippen LogP contribution in [0.4, 0.5) is 4.39 Å². The highest BCUT2D eigenvalue weighted by Crippen LogP contribution is 2.38. The molecule has 0 radical (unpaired) electrons. The molecule has 0 spiro atoms. The predicted octanol–water partition coefficient (Wildman–Crippen LogP) is 6.49. The van der Waals surface area contributed by atoms with E-state index >= 15 is 0 Å². The molecule has 4 rings (SSSR count). The topological polar surface area (TPSA) is 47.0 Å². The zero-order valence-corrected chi connectivity index (χ0v) is 17.5. The van der Waals surface area contributed by atoms with Crippen molar-refractivity contribution in [3.63, 3.8) is 0 Å². The first-order valence-electron chi connectivity index (χ1n) is 8.63. The van der Waals surface area contributed by atoms with E-state index in [9.17, 15) is 12.8 Å². The molecule has 0 saturated carbocycles. The van der Waals surface area contributed by atoms with E-state index < -0.39 is 15.7 Å². The summed E-state index contributed by atoms with van der Waals surface area (Å²) in [6.45, 7) is 1.79. The van der Waals surface area contributed by atoms with Crippen molar-refractivity contribution < 1.29 is 12.8 Å². The van der Waals surface area contributed by atoms with Crippen LogP contribution in [-0.2, 0) is 9.84 Å². The summed E-state index contributed by atoms with van der Waals surface area (Å²) in [7, 11) is -3.99. The predicted molar refractivity (Wildman–Crippen MR) is 114 cm³/mol. The summed E-state index contributed by atoms with van der Waals surface area (Å²) in [4.78, 5) is 4.09. The Bertz CT molecular complexity index is 1370. The molecule has 1 aromatic heterocycles. The molecule has 7 heteroatoms. The van der Waals surface area contributed by atoms with Crippen LogP contribution in [0.15, 0.2) is 76.7 Å². The average Bonchev–Trinajstić information content (AvgIpc) is 2.69. The van der Waals surface area contributed by atoms with Gasteiger partial charge in [-0.05, 0) is 48.4 Å². The van der Waals surface area contributed by atoms with Gasteiger partial charge in [0.05, 0.1) is 9.79 Å². The number of aromatic nitrogens is 1. The fourth-order valence-electron chi connectivity index (χ4n) is 3.18. The van der Waals surface area contributed by atoms with Crippen LogP contribution in [0.2, 0.25) is 10.0 Å². The molecule has 3 aromatic carbocycles. The number of nitrogens with zero attached hydrogens (tertiary/aromatic N) is 1. The monoisotopic (exact) mass is 445 g/mol. The molecule has 0 unspecified atom stereocenters. The van der Waals surface area contributed by atoms with Gasteiger partial charge < -0.3 is 0 Å². The normalized spacial score (nSPS) is 11.7. The van der Waals surface area contributed by atoms with E-state index in [-0.39, 0.29) is 15.3 Å². The molecule has 0 bridgehead atoms. The van der Waals surface area contributed by atoms with Crippen LogP contribution in [0.5, 0.6) is 0 Å². The van der Waals surface area contributed by atoms with Crippen molar-refractivity contribution in [2.75, 3.05) is 0 Å². The summed E-state index contributed by atoms with van der Waals surface area (Å²) >= 11 is 12.3. The number of halogens is 3. The molecule has 146 valence electrons. The Hall–Kier alpha value is -2.47. The third-order valence-electron chi connectivity index (χ3n) is 4.67. The Morgan fingerprint density at radius 2 is 1.72 bits per heavy atom. The van der Waals surface area contributed by atoms with Gasteiger partial charge in [-0.1, -0.05) is 53.5 Å². The Balaban J connectivity index is 2.09. The average molecular weight is 446 g/mol. The highest BCUT2D eigenvalue weighted by Gasteiger charge is 2.26. The minimum Gasteiger partial charge on any atom is -0.252 e. The van der Waals surface area contributed by atoms with Gasteiger partial charge in [0.2, 0.25) is 9.84 Å². The van der Waals surface area contributed by atoms with Crippen LogP contribution < -0.4 is 0 Å². The van der Waals surface area contributed by atoms with E-state index in [2.05, 4.69) is 4.98 Å². The van der Waals surface area contributed by atoms with Crippen LogP contribution >= 0.6 is 23.2 Å². The number of sulfone groups is 1. The SMILES string of the molecule is Cc1ccc(S(=O)(=O)c2cnc3c(F)cccc3c2-c2cccc(Cl)c2)cc1Cl. The molecule has 29 heavy (non-hydrogen) atoms. The number of aryl methyl sites for hydroxylation is 1. The third kappa shape index (κ3) is 3.50. The van der Waals surface area contributed by atoms with E-state index in [1.807, 2.05) is 0 Å². The first-order chi connectivity index (χ1) is 13.8.